The van der Waals surface area contributed by atoms with E-state index in [0.717, 1.165) is 60.0 Å². The Bertz CT molecular complexity index is 1620. The molecule has 4 aliphatic rings. The van der Waals surface area contributed by atoms with E-state index in [1.165, 1.54) is 5.57 Å². The maximum Gasteiger partial charge on any atom is 0.162 e. The predicted octanol–water partition coefficient (Wildman–Crippen LogP) is 6.69. The van der Waals surface area contributed by atoms with Gasteiger partial charge in [-0.2, -0.15) is 0 Å². The zero-order chi connectivity index (χ0) is 36.8. The first kappa shape index (κ1) is 39.1. The summed E-state index contributed by atoms with van der Waals surface area (Å²) in [6.07, 6.45) is 14.9. The second kappa shape index (κ2) is 17.2. The third kappa shape index (κ3) is 8.60. The lowest BCUT2D eigenvalue weighted by atomic mass is 9.52. The molecule has 3 saturated carbocycles. The fraction of sp³-hybridized carbons (Fsp3) is 0.568. The number of hydrogen-bond donors (Lipinski definition) is 5. The summed E-state index contributed by atoms with van der Waals surface area (Å²) in [4.78, 5) is 14.0. The van der Waals surface area contributed by atoms with E-state index in [9.17, 15) is 20.1 Å². The van der Waals surface area contributed by atoms with Crippen LogP contribution in [0.2, 0.25) is 0 Å². The van der Waals surface area contributed by atoms with E-state index in [4.69, 9.17) is 16.2 Å². The number of benzene rings is 1. The van der Waals surface area contributed by atoms with Crippen molar-refractivity contribution < 1.29 is 24.9 Å². The molecular weight excluding hydrogens is 636 g/mol. The van der Waals surface area contributed by atoms with Crippen LogP contribution >= 0.6 is 0 Å². The lowest BCUT2D eigenvalue weighted by molar-refractivity contribution is -0.168. The van der Waals surface area contributed by atoms with E-state index < -0.39 is 23.3 Å². The number of aliphatic hydroxyl groups is 3. The third-order valence-corrected chi connectivity index (χ3v) is 12.4. The molecule has 1 spiro atoms. The third-order valence-electron chi connectivity index (χ3n) is 12.4. The summed E-state index contributed by atoms with van der Waals surface area (Å²) in [5.41, 5.74) is 16.4. The van der Waals surface area contributed by atoms with Gasteiger partial charge in [0.05, 0.1) is 24.0 Å². The molecule has 0 bridgehead atoms. The van der Waals surface area contributed by atoms with Gasteiger partial charge in [-0.25, -0.2) is 0 Å². The number of fused-ring (bicyclic) bond motifs is 3. The van der Waals surface area contributed by atoms with Gasteiger partial charge in [0, 0.05) is 30.8 Å². The lowest BCUT2D eigenvalue weighted by Crippen LogP contribution is -2.59. The van der Waals surface area contributed by atoms with Crippen LogP contribution in [-0.2, 0) is 16.0 Å². The van der Waals surface area contributed by atoms with E-state index in [-0.39, 0.29) is 42.7 Å². The highest BCUT2D eigenvalue weighted by molar-refractivity contribution is 5.97. The van der Waals surface area contributed by atoms with Crippen molar-refractivity contribution >= 4 is 5.78 Å². The van der Waals surface area contributed by atoms with Crippen molar-refractivity contribution in [3.8, 4) is 11.8 Å². The summed E-state index contributed by atoms with van der Waals surface area (Å²) >= 11 is 0. The summed E-state index contributed by atoms with van der Waals surface area (Å²) in [6.45, 7) is 10.5. The molecule has 0 radical (unpaired) electrons. The van der Waals surface area contributed by atoms with Crippen LogP contribution in [0.1, 0.15) is 109 Å². The summed E-state index contributed by atoms with van der Waals surface area (Å²) in [6, 6.07) is 7.54. The Labute approximate surface area is 305 Å². The van der Waals surface area contributed by atoms with Crippen LogP contribution in [0.4, 0.5) is 0 Å². The highest BCUT2D eigenvalue weighted by atomic mass is 16.5. The maximum absolute atomic E-state index is 14.0. The maximum atomic E-state index is 14.0. The summed E-state index contributed by atoms with van der Waals surface area (Å²) in [5, 5.41) is 35.4. The summed E-state index contributed by atoms with van der Waals surface area (Å²) in [7, 11) is 0. The number of hydrogen-bond acceptors (Lipinski definition) is 7. The quantitative estimate of drug-likeness (QED) is 0.0927. The first-order chi connectivity index (χ1) is 24.4. The number of carbonyl (C=O) groups is 1. The van der Waals surface area contributed by atoms with Crippen LogP contribution in [-0.4, -0.2) is 52.1 Å². The van der Waals surface area contributed by atoms with E-state index >= 15 is 0 Å². The highest BCUT2D eigenvalue weighted by Crippen LogP contribution is 2.66. The Balaban J connectivity index is 1.54. The van der Waals surface area contributed by atoms with Gasteiger partial charge in [0.2, 0.25) is 0 Å². The van der Waals surface area contributed by atoms with Gasteiger partial charge in [-0.1, -0.05) is 90.1 Å². The smallest absolute Gasteiger partial charge is 0.162 e. The Morgan fingerprint density at radius 3 is 2.76 bits per heavy atom. The number of ketones is 1. The van der Waals surface area contributed by atoms with Gasteiger partial charge in [0.25, 0.3) is 0 Å². The lowest BCUT2D eigenvalue weighted by Gasteiger charge is -2.56. The number of Topliss-reactive ketones (excluding diaryl/α,β-unsaturated/α-hetero) is 1. The molecule has 5 rings (SSSR count). The molecule has 7 N–H and O–H groups in total. The van der Waals surface area contributed by atoms with Crippen molar-refractivity contribution in [2.45, 2.75) is 122 Å². The monoisotopic (exact) mass is 696 g/mol. The van der Waals surface area contributed by atoms with Crippen LogP contribution in [0.15, 0.2) is 83.0 Å². The number of carbonyl (C=O) groups excluding carboxylic acids is 1. The number of nitrogens with two attached hydrogens (primary N) is 2. The van der Waals surface area contributed by atoms with Crippen molar-refractivity contribution in [3.63, 3.8) is 0 Å². The Kier molecular flexibility index (Phi) is 13.2. The van der Waals surface area contributed by atoms with Gasteiger partial charge in [-0.3, -0.25) is 4.79 Å². The highest BCUT2D eigenvalue weighted by Gasteiger charge is 2.67. The van der Waals surface area contributed by atoms with Crippen LogP contribution in [0.25, 0.3) is 0 Å². The molecular formula is C44H60N2O5. The summed E-state index contributed by atoms with van der Waals surface area (Å²) in [5.74, 6) is 6.11. The predicted molar refractivity (Wildman–Crippen MR) is 204 cm³/mol. The molecule has 7 heteroatoms. The molecule has 276 valence electrons. The van der Waals surface area contributed by atoms with E-state index in [0.29, 0.717) is 50.7 Å². The van der Waals surface area contributed by atoms with E-state index in [1.807, 2.05) is 38.1 Å². The Hall–Kier alpha value is -3.09. The molecule has 1 aromatic carbocycles. The molecule has 0 amide bonds. The van der Waals surface area contributed by atoms with Gasteiger partial charge in [0.15, 0.2) is 5.78 Å². The molecule has 1 aromatic rings. The molecule has 0 aromatic heterocycles. The van der Waals surface area contributed by atoms with Crippen LogP contribution in [0.5, 0.6) is 0 Å². The van der Waals surface area contributed by atoms with Gasteiger partial charge in [-0.05, 0) is 113 Å². The fourth-order valence-electron chi connectivity index (χ4n) is 9.63. The molecule has 3 aliphatic carbocycles. The van der Waals surface area contributed by atoms with Crippen molar-refractivity contribution in [3.05, 3.63) is 94.1 Å². The van der Waals surface area contributed by atoms with Crippen molar-refractivity contribution in [1.82, 2.24) is 0 Å². The standard InChI is InChI=1S/C44H60N2O5/c1-29-12-5-6-25-51-39-21-10-18-34-28-44(41(49)40(34)36(39)19-8-15-30(2)14-7-13-29)37(20-11-24-47)35(22-23-43(44,4)50)31(3)38(48)27-32-16-9-17-33(26-32)42(45)46/h8-9,13,15-17,19,26,34,37,39-42,47,49-50H,2,7,10-12,14,18,20-25,27-28,45-46H2,1,3-4H3. The van der Waals surface area contributed by atoms with Gasteiger partial charge < -0.3 is 31.5 Å². The Morgan fingerprint density at radius 2 is 2.00 bits per heavy atom. The van der Waals surface area contributed by atoms with E-state index in [2.05, 4.69) is 49.6 Å². The number of rotatable bonds is 7. The first-order valence-corrected chi connectivity index (χ1v) is 19.0. The van der Waals surface area contributed by atoms with Crippen molar-refractivity contribution in [1.29, 1.82) is 0 Å². The van der Waals surface area contributed by atoms with Crippen molar-refractivity contribution in [2.75, 3.05) is 13.2 Å². The van der Waals surface area contributed by atoms with Crippen LogP contribution < -0.4 is 11.5 Å². The van der Waals surface area contributed by atoms with Crippen molar-refractivity contribution in [2.24, 2.45) is 34.6 Å². The second-order valence-corrected chi connectivity index (χ2v) is 15.7. The normalized spacial score (nSPS) is 32.8. The molecule has 7 nitrogen and oxygen atoms in total. The average molecular weight is 697 g/mol. The minimum absolute atomic E-state index is 0.00405. The van der Waals surface area contributed by atoms with Gasteiger partial charge >= 0.3 is 0 Å². The first-order valence-electron chi connectivity index (χ1n) is 19.0. The van der Waals surface area contributed by atoms with Crippen LogP contribution in [0.3, 0.4) is 0 Å². The minimum Gasteiger partial charge on any atom is -0.396 e. The average Bonchev–Trinajstić information content (AvgIpc) is 3.26. The van der Waals surface area contributed by atoms with Crippen LogP contribution in [0, 0.1) is 35.0 Å². The topological polar surface area (TPSA) is 139 Å². The molecule has 1 aliphatic heterocycles. The summed E-state index contributed by atoms with van der Waals surface area (Å²) < 4.78 is 6.52. The van der Waals surface area contributed by atoms with Gasteiger partial charge in [0.1, 0.15) is 6.61 Å². The molecule has 3 fully saturated rings. The molecule has 51 heavy (non-hydrogen) atoms. The fourth-order valence-corrected chi connectivity index (χ4v) is 9.63. The zero-order valence-corrected chi connectivity index (χ0v) is 31.0. The number of ether oxygens (including phenoxy) is 1. The number of aliphatic hydroxyl groups excluding tert-OH is 2. The number of allylic oxidation sites excluding steroid dienone is 8. The largest absolute Gasteiger partial charge is 0.396 e. The van der Waals surface area contributed by atoms with E-state index in [1.54, 1.807) is 0 Å². The molecule has 0 saturated heterocycles. The molecule has 7 unspecified atom stereocenters. The molecule has 1 heterocycles. The minimum atomic E-state index is -1.19. The Morgan fingerprint density at radius 1 is 1.20 bits per heavy atom. The molecule has 7 atom stereocenters. The SMILES string of the molecule is C=C1C=CC=C2C(CCCC3CC4(C(CCCO)C(=C(C)C(=O)Cc5cccc(C(N)N)c5)CCC4(C)O)C(O)C23)OCC#CCC(C)=CCC1. The zero-order valence-electron chi connectivity index (χ0n) is 31.0. The second-order valence-electron chi connectivity index (χ2n) is 15.7. The van der Waals surface area contributed by atoms with Gasteiger partial charge in [-0.15, -0.1) is 0 Å².